The molecule has 158 valence electrons. The highest BCUT2D eigenvalue weighted by Crippen LogP contribution is 2.18. The first-order valence-electron chi connectivity index (χ1n) is 9.66. The SMILES string of the molecule is CC(C)n1cnc2nc(COc3ccc(NC(=O)c4cccc(Br)c4)cc3)cc(=O)n21. The average molecular weight is 482 g/mol. The molecule has 0 atom stereocenters. The fourth-order valence-corrected chi connectivity index (χ4v) is 3.44. The lowest BCUT2D eigenvalue weighted by Crippen LogP contribution is -2.23. The van der Waals surface area contributed by atoms with Crippen LogP contribution in [0.2, 0.25) is 0 Å². The summed E-state index contributed by atoms with van der Waals surface area (Å²) in [6.45, 7) is 4.06. The Hall–Kier alpha value is -3.46. The number of hydrogen-bond acceptors (Lipinski definition) is 5. The van der Waals surface area contributed by atoms with E-state index in [4.69, 9.17) is 4.74 Å². The lowest BCUT2D eigenvalue weighted by molar-refractivity contribution is 0.102. The van der Waals surface area contributed by atoms with Crippen molar-refractivity contribution in [2.24, 2.45) is 0 Å². The highest BCUT2D eigenvalue weighted by atomic mass is 79.9. The zero-order valence-corrected chi connectivity index (χ0v) is 18.5. The van der Waals surface area contributed by atoms with Crippen molar-refractivity contribution in [1.29, 1.82) is 0 Å². The van der Waals surface area contributed by atoms with Gasteiger partial charge in [-0.25, -0.2) is 4.98 Å². The van der Waals surface area contributed by atoms with E-state index in [1.807, 2.05) is 19.9 Å². The molecule has 1 N–H and O–H groups in total. The van der Waals surface area contributed by atoms with Crippen molar-refractivity contribution in [1.82, 2.24) is 19.2 Å². The van der Waals surface area contributed by atoms with Gasteiger partial charge in [0.1, 0.15) is 18.7 Å². The first kappa shape index (κ1) is 20.8. The Labute approximate surface area is 186 Å². The molecule has 31 heavy (non-hydrogen) atoms. The minimum absolute atomic E-state index is 0.0917. The second-order valence-electron chi connectivity index (χ2n) is 7.19. The molecule has 0 spiro atoms. The smallest absolute Gasteiger partial charge is 0.274 e. The van der Waals surface area contributed by atoms with E-state index in [0.29, 0.717) is 28.5 Å². The molecular weight excluding hydrogens is 462 g/mol. The molecule has 8 nitrogen and oxygen atoms in total. The van der Waals surface area contributed by atoms with Crippen LogP contribution < -0.4 is 15.6 Å². The molecule has 0 aliphatic carbocycles. The zero-order valence-electron chi connectivity index (χ0n) is 16.9. The third-order valence-electron chi connectivity index (χ3n) is 4.57. The van der Waals surface area contributed by atoms with E-state index in [1.165, 1.54) is 10.6 Å². The van der Waals surface area contributed by atoms with Crippen molar-refractivity contribution in [2.45, 2.75) is 26.5 Å². The van der Waals surface area contributed by atoms with Gasteiger partial charge in [0.2, 0.25) is 0 Å². The summed E-state index contributed by atoms with van der Waals surface area (Å²) in [7, 11) is 0. The monoisotopic (exact) mass is 481 g/mol. The molecule has 0 unspecified atom stereocenters. The lowest BCUT2D eigenvalue weighted by atomic mass is 10.2. The van der Waals surface area contributed by atoms with Crippen molar-refractivity contribution >= 4 is 33.3 Å². The summed E-state index contributed by atoms with van der Waals surface area (Å²) < 4.78 is 9.76. The van der Waals surface area contributed by atoms with Gasteiger partial charge in [0.05, 0.1) is 5.69 Å². The summed E-state index contributed by atoms with van der Waals surface area (Å²) in [5.41, 5.74) is 1.49. The summed E-state index contributed by atoms with van der Waals surface area (Å²) in [5, 5.41) is 2.84. The molecule has 0 bridgehead atoms. The molecule has 0 aliphatic rings. The van der Waals surface area contributed by atoms with Crippen LogP contribution in [0.25, 0.3) is 5.78 Å². The van der Waals surface area contributed by atoms with E-state index < -0.39 is 0 Å². The summed E-state index contributed by atoms with van der Waals surface area (Å²) in [6.07, 6.45) is 1.60. The highest BCUT2D eigenvalue weighted by Gasteiger charge is 2.11. The number of nitrogens with zero attached hydrogens (tertiary/aromatic N) is 4. The van der Waals surface area contributed by atoms with Crippen LogP contribution in [-0.2, 0) is 6.61 Å². The van der Waals surface area contributed by atoms with Crippen LogP contribution in [0.5, 0.6) is 5.75 Å². The number of benzene rings is 2. The Bertz CT molecular complexity index is 1290. The number of anilines is 1. The Morgan fingerprint density at radius 1 is 1.16 bits per heavy atom. The molecule has 0 fully saturated rings. The number of halogens is 1. The average Bonchev–Trinajstić information content (AvgIpc) is 3.18. The fraction of sp³-hybridized carbons (Fsp3) is 0.182. The number of aromatic nitrogens is 4. The largest absolute Gasteiger partial charge is 0.487 e. The third-order valence-corrected chi connectivity index (χ3v) is 5.06. The zero-order chi connectivity index (χ0) is 22.0. The van der Waals surface area contributed by atoms with Crippen molar-refractivity contribution in [2.75, 3.05) is 5.32 Å². The fourth-order valence-electron chi connectivity index (χ4n) is 3.04. The van der Waals surface area contributed by atoms with Gasteiger partial charge in [-0.1, -0.05) is 22.0 Å². The van der Waals surface area contributed by atoms with E-state index in [2.05, 4.69) is 31.2 Å². The lowest BCUT2D eigenvalue weighted by Gasteiger charge is -2.10. The number of carbonyl (C=O) groups excluding carboxylic acids is 1. The Kier molecular flexibility index (Phi) is 5.85. The van der Waals surface area contributed by atoms with Crippen molar-refractivity contribution in [3.05, 3.63) is 87.0 Å². The van der Waals surface area contributed by atoms with Gasteiger partial charge in [0.25, 0.3) is 17.2 Å². The Morgan fingerprint density at radius 2 is 1.94 bits per heavy atom. The number of carbonyl (C=O) groups is 1. The summed E-state index contributed by atoms with van der Waals surface area (Å²) in [5.74, 6) is 0.731. The first-order chi connectivity index (χ1) is 14.9. The van der Waals surface area contributed by atoms with Gasteiger partial charge in [-0.15, -0.1) is 0 Å². The molecule has 2 aromatic heterocycles. The third kappa shape index (κ3) is 4.66. The van der Waals surface area contributed by atoms with Gasteiger partial charge in [-0.2, -0.15) is 9.50 Å². The second-order valence-corrected chi connectivity index (χ2v) is 8.11. The number of hydrogen-bond donors (Lipinski definition) is 1. The van der Waals surface area contributed by atoms with Crippen LogP contribution in [0.1, 0.15) is 35.9 Å². The topological polar surface area (TPSA) is 90.5 Å². The normalized spacial score (nSPS) is 11.1. The standard InChI is InChI=1S/C22H20BrN5O3/c1-14(2)27-13-24-22-26-18(11-20(29)28(22)27)12-31-19-8-6-17(7-9-19)25-21(30)15-4-3-5-16(23)10-15/h3-11,13-14H,12H2,1-2H3,(H,25,30). The number of nitrogens with one attached hydrogen (secondary N) is 1. The number of rotatable bonds is 6. The molecule has 1 amide bonds. The molecule has 0 saturated heterocycles. The Balaban J connectivity index is 1.41. The number of fused-ring (bicyclic) bond motifs is 1. The van der Waals surface area contributed by atoms with Gasteiger partial charge in [-0.3, -0.25) is 14.3 Å². The van der Waals surface area contributed by atoms with Crippen LogP contribution in [0.15, 0.2) is 70.2 Å². The summed E-state index contributed by atoms with van der Waals surface area (Å²) in [4.78, 5) is 33.4. The predicted octanol–water partition coefficient (Wildman–Crippen LogP) is 4.07. The van der Waals surface area contributed by atoms with Gasteiger partial charge in [0.15, 0.2) is 0 Å². The van der Waals surface area contributed by atoms with E-state index in [-0.39, 0.29) is 24.1 Å². The predicted molar refractivity (Wildman–Crippen MR) is 121 cm³/mol. The highest BCUT2D eigenvalue weighted by molar-refractivity contribution is 9.10. The second kappa shape index (κ2) is 8.73. The van der Waals surface area contributed by atoms with Crippen LogP contribution in [0, 0.1) is 0 Å². The molecule has 0 aliphatic heterocycles. The number of amides is 1. The molecular formula is C22H20BrN5O3. The van der Waals surface area contributed by atoms with Crippen molar-refractivity contribution < 1.29 is 9.53 Å². The molecule has 0 saturated carbocycles. The van der Waals surface area contributed by atoms with Crippen molar-refractivity contribution in [3.63, 3.8) is 0 Å². The Morgan fingerprint density at radius 3 is 2.65 bits per heavy atom. The first-order valence-corrected chi connectivity index (χ1v) is 10.5. The molecule has 9 heteroatoms. The van der Waals surface area contributed by atoms with E-state index in [0.717, 1.165) is 4.47 Å². The van der Waals surface area contributed by atoms with Crippen LogP contribution in [0.3, 0.4) is 0 Å². The quantitative estimate of drug-likeness (QED) is 0.448. The van der Waals surface area contributed by atoms with Crippen LogP contribution in [-0.4, -0.2) is 25.1 Å². The van der Waals surface area contributed by atoms with E-state index in [1.54, 1.807) is 53.5 Å². The molecule has 2 heterocycles. The van der Waals surface area contributed by atoms with E-state index >= 15 is 0 Å². The van der Waals surface area contributed by atoms with Gasteiger partial charge >= 0.3 is 0 Å². The van der Waals surface area contributed by atoms with E-state index in [9.17, 15) is 9.59 Å². The maximum atomic E-state index is 12.4. The van der Waals surface area contributed by atoms with Crippen LogP contribution >= 0.6 is 15.9 Å². The van der Waals surface area contributed by atoms with Gasteiger partial charge in [-0.05, 0) is 56.3 Å². The van der Waals surface area contributed by atoms with Crippen molar-refractivity contribution in [3.8, 4) is 5.75 Å². The number of ether oxygens (including phenoxy) is 1. The molecule has 4 aromatic rings. The van der Waals surface area contributed by atoms with Gasteiger partial charge < -0.3 is 10.1 Å². The minimum Gasteiger partial charge on any atom is -0.487 e. The molecule has 4 rings (SSSR count). The van der Waals surface area contributed by atoms with Crippen LogP contribution in [0.4, 0.5) is 5.69 Å². The van der Waals surface area contributed by atoms with Gasteiger partial charge in [0, 0.05) is 27.8 Å². The summed E-state index contributed by atoms with van der Waals surface area (Å²) in [6, 6.07) is 15.7. The molecule has 2 aromatic carbocycles. The minimum atomic E-state index is -0.208. The summed E-state index contributed by atoms with van der Waals surface area (Å²) >= 11 is 3.36. The maximum Gasteiger partial charge on any atom is 0.274 e. The maximum absolute atomic E-state index is 12.4. The molecule has 0 radical (unpaired) electrons.